The number of aryl methyl sites for hydroxylation is 1. The van der Waals surface area contributed by atoms with Crippen molar-refractivity contribution >= 4 is 15.9 Å². The molecule has 0 aromatic heterocycles. The molecule has 0 radical (unpaired) electrons. The topological polar surface area (TPSA) is 54.5 Å². The zero-order valence-electron chi connectivity index (χ0n) is 12.8. The predicted molar refractivity (Wildman–Crippen MR) is 88.3 cm³/mol. The van der Waals surface area contributed by atoms with Gasteiger partial charge in [0.1, 0.15) is 0 Å². The lowest BCUT2D eigenvalue weighted by atomic mass is 9.94. The van der Waals surface area contributed by atoms with Crippen molar-refractivity contribution in [3.63, 3.8) is 0 Å². The zero-order valence-corrected chi connectivity index (χ0v) is 13.6. The number of benzene rings is 2. The van der Waals surface area contributed by atoms with E-state index >= 15 is 0 Å². The molecule has 0 N–H and O–H groups in total. The van der Waals surface area contributed by atoms with Crippen LogP contribution in [0.1, 0.15) is 22.7 Å². The summed E-state index contributed by atoms with van der Waals surface area (Å²) in [5.41, 5.74) is 2.61. The summed E-state index contributed by atoms with van der Waals surface area (Å²) in [5, 5.41) is 0. The van der Waals surface area contributed by atoms with Gasteiger partial charge in [0.2, 0.25) is 5.91 Å². The Morgan fingerprint density at radius 2 is 1.78 bits per heavy atom. The fourth-order valence-corrected chi connectivity index (χ4v) is 4.37. The van der Waals surface area contributed by atoms with E-state index < -0.39 is 22.0 Å². The third-order valence-electron chi connectivity index (χ3n) is 4.01. The van der Waals surface area contributed by atoms with Crippen LogP contribution >= 0.6 is 0 Å². The summed E-state index contributed by atoms with van der Waals surface area (Å²) >= 11 is 0. The number of hydrogen-bond acceptors (Lipinski definition) is 3. The van der Waals surface area contributed by atoms with Gasteiger partial charge in [-0.15, -0.1) is 6.58 Å². The standard InChI is InChI=1S/C18H17NO3S/c1-3-17-16-7-5-4-6-14(16)12-18(20)19(17)23(21,22)15-10-8-13(2)9-11-15/h3-11,17H,1,12H2,2H3. The summed E-state index contributed by atoms with van der Waals surface area (Å²) in [6.45, 7) is 5.61. The summed E-state index contributed by atoms with van der Waals surface area (Å²) in [5.74, 6) is -0.436. The summed E-state index contributed by atoms with van der Waals surface area (Å²) in [4.78, 5) is 12.6. The maximum atomic E-state index is 12.9. The van der Waals surface area contributed by atoms with Gasteiger partial charge in [-0.3, -0.25) is 4.79 Å². The van der Waals surface area contributed by atoms with Gasteiger partial charge < -0.3 is 0 Å². The zero-order chi connectivity index (χ0) is 16.6. The first-order valence-corrected chi connectivity index (χ1v) is 8.73. The van der Waals surface area contributed by atoms with Crippen LogP contribution in [-0.2, 0) is 21.2 Å². The molecule has 1 atom stereocenters. The summed E-state index contributed by atoms with van der Waals surface area (Å²) < 4.78 is 26.8. The van der Waals surface area contributed by atoms with Gasteiger partial charge in [-0.2, -0.15) is 0 Å². The molecule has 1 unspecified atom stereocenters. The third kappa shape index (κ3) is 2.57. The second-order valence-electron chi connectivity index (χ2n) is 5.56. The van der Waals surface area contributed by atoms with Crippen LogP contribution in [0.2, 0.25) is 0 Å². The van der Waals surface area contributed by atoms with Crippen LogP contribution < -0.4 is 0 Å². The minimum Gasteiger partial charge on any atom is -0.273 e. The Bertz CT molecular complexity index is 869. The average Bonchev–Trinajstić information content (AvgIpc) is 2.53. The third-order valence-corrected chi connectivity index (χ3v) is 5.83. The molecule has 1 aliphatic heterocycles. The highest BCUT2D eigenvalue weighted by Gasteiger charge is 2.39. The molecule has 2 aromatic rings. The van der Waals surface area contributed by atoms with E-state index in [1.807, 2.05) is 31.2 Å². The van der Waals surface area contributed by atoms with Crippen LogP contribution in [0.3, 0.4) is 0 Å². The number of hydrogen-bond donors (Lipinski definition) is 0. The highest BCUT2D eigenvalue weighted by atomic mass is 32.2. The molecule has 118 valence electrons. The number of sulfonamides is 1. The fraction of sp³-hybridized carbons (Fsp3) is 0.167. The molecular weight excluding hydrogens is 310 g/mol. The lowest BCUT2D eigenvalue weighted by Crippen LogP contribution is -2.43. The van der Waals surface area contributed by atoms with E-state index in [2.05, 4.69) is 6.58 Å². The highest BCUT2D eigenvalue weighted by Crippen LogP contribution is 2.35. The summed E-state index contributed by atoms with van der Waals surface area (Å²) in [6.07, 6.45) is 1.58. The second-order valence-corrected chi connectivity index (χ2v) is 7.38. The van der Waals surface area contributed by atoms with E-state index in [9.17, 15) is 13.2 Å². The van der Waals surface area contributed by atoms with Crippen molar-refractivity contribution < 1.29 is 13.2 Å². The van der Waals surface area contributed by atoms with Gasteiger partial charge in [0.25, 0.3) is 10.0 Å². The van der Waals surface area contributed by atoms with Gasteiger partial charge in [0, 0.05) is 0 Å². The monoisotopic (exact) mass is 327 g/mol. The lowest BCUT2D eigenvalue weighted by Gasteiger charge is -2.34. The summed E-state index contributed by atoms with van der Waals surface area (Å²) in [7, 11) is -3.92. The molecule has 23 heavy (non-hydrogen) atoms. The van der Waals surface area contributed by atoms with Crippen LogP contribution in [0.15, 0.2) is 66.1 Å². The van der Waals surface area contributed by atoms with E-state index in [-0.39, 0.29) is 11.3 Å². The molecule has 0 spiro atoms. The van der Waals surface area contributed by atoms with E-state index in [4.69, 9.17) is 0 Å². The fourth-order valence-electron chi connectivity index (χ4n) is 2.84. The Balaban J connectivity index is 2.13. The number of carbonyl (C=O) groups excluding carboxylic acids is 1. The SMILES string of the molecule is C=CC1c2ccccc2CC(=O)N1S(=O)(=O)c1ccc(C)cc1. The maximum absolute atomic E-state index is 12.9. The first-order chi connectivity index (χ1) is 10.9. The minimum absolute atomic E-state index is 0.0750. The second kappa shape index (κ2) is 5.66. The largest absolute Gasteiger partial charge is 0.273 e. The minimum atomic E-state index is -3.92. The van der Waals surface area contributed by atoms with Crippen LogP contribution in [0.5, 0.6) is 0 Å². The van der Waals surface area contributed by atoms with Crippen LogP contribution in [0.25, 0.3) is 0 Å². The quantitative estimate of drug-likeness (QED) is 0.814. The van der Waals surface area contributed by atoms with Crippen LogP contribution in [-0.4, -0.2) is 18.6 Å². The smallest absolute Gasteiger partial charge is 0.267 e. The predicted octanol–water partition coefficient (Wildman–Crippen LogP) is 3.00. The molecule has 0 aliphatic carbocycles. The van der Waals surface area contributed by atoms with Crippen molar-refractivity contribution in [3.8, 4) is 0 Å². The molecule has 0 fully saturated rings. The van der Waals surface area contributed by atoms with Crippen LogP contribution in [0, 0.1) is 6.92 Å². The van der Waals surface area contributed by atoms with Gasteiger partial charge in [0.15, 0.2) is 0 Å². The molecule has 0 saturated carbocycles. The molecule has 5 heteroatoms. The molecule has 0 bridgehead atoms. The molecule has 4 nitrogen and oxygen atoms in total. The Labute approximate surface area is 136 Å². The van der Waals surface area contributed by atoms with Crippen molar-refractivity contribution in [2.45, 2.75) is 24.3 Å². The number of amides is 1. The molecule has 3 rings (SSSR count). The normalized spacial score (nSPS) is 17.7. The Kier molecular flexibility index (Phi) is 3.82. The molecular formula is C18H17NO3S. The van der Waals surface area contributed by atoms with Crippen LogP contribution in [0.4, 0.5) is 0 Å². The molecule has 1 amide bonds. The first kappa shape index (κ1) is 15.5. The Morgan fingerprint density at radius 3 is 2.43 bits per heavy atom. The van der Waals surface area contributed by atoms with Gasteiger partial charge in [0.05, 0.1) is 17.4 Å². The van der Waals surface area contributed by atoms with Gasteiger partial charge in [-0.1, -0.05) is 48.0 Å². The molecule has 0 saturated heterocycles. The molecule has 2 aromatic carbocycles. The van der Waals surface area contributed by atoms with Crippen molar-refractivity contribution in [1.29, 1.82) is 0 Å². The van der Waals surface area contributed by atoms with E-state index in [1.54, 1.807) is 12.1 Å². The van der Waals surface area contributed by atoms with Crippen molar-refractivity contribution in [2.24, 2.45) is 0 Å². The molecule has 1 heterocycles. The first-order valence-electron chi connectivity index (χ1n) is 7.29. The maximum Gasteiger partial charge on any atom is 0.267 e. The van der Waals surface area contributed by atoms with E-state index in [1.165, 1.54) is 18.2 Å². The van der Waals surface area contributed by atoms with Gasteiger partial charge in [-0.05, 0) is 30.2 Å². The average molecular weight is 327 g/mol. The van der Waals surface area contributed by atoms with Crippen molar-refractivity contribution in [3.05, 3.63) is 77.9 Å². The number of carbonyl (C=O) groups is 1. The number of rotatable bonds is 3. The Hall–Kier alpha value is -2.40. The number of fused-ring (bicyclic) bond motifs is 1. The van der Waals surface area contributed by atoms with Gasteiger partial charge in [-0.25, -0.2) is 12.7 Å². The van der Waals surface area contributed by atoms with E-state index in [0.717, 1.165) is 21.0 Å². The molecule has 1 aliphatic rings. The highest BCUT2D eigenvalue weighted by molar-refractivity contribution is 7.89. The Morgan fingerprint density at radius 1 is 1.13 bits per heavy atom. The summed E-state index contributed by atoms with van der Waals surface area (Å²) in [6, 6.07) is 13.2. The van der Waals surface area contributed by atoms with Gasteiger partial charge >= 0.3 is 0 Å². The van der Waals surface area contributed by atoms with Crippen molar-refractivity contribution in [2.75, 3.05) is 0 Å². The van der Waals surface area contributed by atoms with E-state index in [0.29, 0.717) is 0 Å². The van der Waals surface area contributed by atoms with Crippen molar-refractivity contribution in [1.82, 2.24) is 4.31 Å². The lowest BCUT2D eigenvalue weighted by molar-refractivity contribution is -0.127. The number of nitrogens with zero attached hydrogens (tertiary/aromatic N) is 1.